The molecule has 3 aliphatic rings. The lowest BCUT2D eigenvalue weighted by Gasteiger charge is -2.34. The molecule has 2 N–H and O–H groups in total. The number of fused-ring (bicyclic) bond motifs is 1. The third kappa shape index (κ3) is 5.31. The van der Waals surface area contributed by atoms with E-state index >= 15 is 0 Å². The average molecular weight is 522 g/mol. The minimum Gasteiger partial charge on any atom is -0.369 e. The fraction of sp³-hybridized carbons (Fsp3) is 0.320. The SMILES string of the molecule is CN1CCN(c2ccc(NC3=NCN(Cc4cccc5c4CC(=O)N5)C=C(Br)C=N3)cc2)CC1. The zero-order valence-corrected chi connectivity index (χ0v) is 20.8. The molecule has 2 aromatic carbocycles. The van der Waals surface area contributed by atoms with Crippen molar-refractivity contribution in [3.05, 3.63) is 64.3 Å². The van der Waals surface area contributed by atoms with Gasteiger partial charge in [0.15, 0.2) is 0 Å². The summed E-state index contributed by atoms with van der Waals surface area (Å²) in [6.07, 6.45) is 4.15. The van der Waals surface area contributed by atoms with Crippen LogP contribution in [0.5, 0.6) is 0 Å². The Kier molecular flexibility index (Phi) is 6.64. The van der Waals surface area contributed by atoms with E-state index in [1.165, 1.54) is 5.69 Å². The molecule has 0 unspecified atom stereocenters. The predicted molar refractivity (Wildman–Crippen MR) is 142 cm³/mol. The summed E-state index contributed by atoms with van der Waals surface area (Å²) in [5, 5.41) is 6.26. The molecule has 34 heavy (non-hydrogen) atoms. The second kappa shape index (κ2) is 9.99. The van der Waals surface area contributed by atoms with E-state index < -0.39 is 0 Å². The largest absolute Gasteiger partial charge is 0.369 e. The Balaban J connectivity index is 1.26. The van der Waals surface area contributed by atoms with Gasteiger partial charge in [0.2, 0.25) is 11.9 Å². The van der Waals surface area contributed by atoms with Crippen LogP contribution in [0.25, 0.3) is 0 Å². The summed E-state index contributed by atoms with van der Waals surface area (Å²) in [7, 11) is 2.17. The van der Waals surface area contributed by atoms with Crippen molar-refractivity contribution in [1.29, 1.82) is 0 Å². The Morgan fingerprint density at radius 3 is 2.68 bits per heavy atom. The summed E-state index contributed by atoms with van der Waals surface area (Å²) in [5.74, 6) is 0.597. The van der Waals surface area contributed by atoms with Gasteiger partial charge in [-0.05, 0) is 64.4 Å². The van der Waals surface area contributed by atoms with Gasteiger partial charge in [0, 0.05) is 62.2 Å². The number of hydrogen-bond acceptors (Lipinski definition) is 7. The van der Waals surface area contributed by atoms with Gasteiger partial charge in [-0.3, -0.25) is 4.79 Å². The zero-order chi connectivity index (χ0) is 23.5. The van der Waals surface area contributed by atoms with Crippen molar-refractivity contribution in [2.45, 2.75) is 13.0 Å². The highest BCUT2D eigenvalue weighted by Crippen LogP contribution is 2.27. The van der Waals surface area contributed by atoms with Crippen molar-refractivity contribution in [3.63, 3.8) is 0 Å². The molecular weight excluding hydrogens is 494 g/mol. The number of anilines is 3. The summed E-state index contributed by atoms with van der Waals surface area (Å²) in [4.78, 5) is 27.9. The molecule has 0 bridgehead atoms. The van der Waals surface area contributed by atoms with Crippen molar-refractivity contribution in [1.82, 2.24) is 9.80 Å². The second-order valence-corrected chi connectivity index (χ2v) is 9.69. The standard InChI is InChI=1S/C25H28BrN7O/c1-31-9-11-33(12-10-31)21-7-5-20(6-8-21)29-25-27-14-19(26)16-32(17-28-25)15-18-3-2-4-23-22(18)13-24(34)30-23/h2-8,14,16H,9-13,15,17H2,1H3,(H,28,29)(H,30,34). The third-order valence-corrected chi connectivity index (χ3v) is 6.68. The number of benzene rings is 2. The van der Waals surface area contributed by atoms with Crippen molar-refractivity contribution >= 4 is 51.1 Å². The van der Waals surface area contributed by atoms with Crippen LogP contribution in [0.15, 0.2) is 63.1 Å². The van der Waals surface area contributed by atoms with E-state index in [-0.39, 0.29) is 5.91 Å². The maximum Gasteiger partial charge on any atom is 0.228 e. The summed E-state index contributed by atoms with van der Waals surface area (Å²) in [6.45, 7) is 5.36. The molecule has 5 rings (SSSR count). The number of allylic oxidation sites excluding steroid dienone is 1. The van der Waals surface area contributed by atoms with E-state index in [1.807, 2.05) is 18.3 Å². The smallest absolute Gasteiger partial charge is 0.228 e. The molecule has 3 aliphatic heterocycles. The van der Waals surface area contributed by atoms with Crippen molar-refractivity contribution < 1.29 is 4.79 Å². The molecule has 9 heteroatoms. The summed E-state index contributed by atoms with van der Waals surface area (Å²) < 4.78 is 0.855. The van der Waals surface area contributed by atoms with Gasteiger partial charge in [0.05, 0.1) is 10.9 Å². The van der Waals surface area contributed by atoms with E-state index in [1.54, 1.807) is 6.21 Å². The van der Waals surface area contributed by atoms with E-state index in [4.69, 9.17) is 0 Å². The molecule has 1 fully saturated rings. The number of piperazine rings is 1. The third-order valence-electron chi connectivity index (χ3n) is 6.27. The van der Waals surface area contributed by atoms with Crippen LogP contribution in [-0.4, -0.2) is 67.8 Å². The van der Waals surface area contributed by atoms with E-state index in [9.17, 15) is 4.79 Å². The Morgan fingerprint density at radius 2 is 1.88 bits per heavy atom. The van der Waals surface area contributed by atoms with Crippen LogP contribution in [0, 0.1) is 0 Å². The first-order valence-electron chi connectivity index (χ1n) is 11.4. The van der Waals surface area contributed by atoms with Gasteiger partial charge in [-0.15, -0.1) is 0 Å². The Labute approximate surface area is 208 Å². The highest BCUT2D eigenvalue weighted by molar-refractivity contribution is 9.12. The van der Waals surface area contributed by atoms with Gasteiger partial charge in [0.25, 0.3) is 0 Å². The van der Waals surface area contributed by atoms with Crippen LogP contribution in [0.1, 0.15) is 11.1 Å². The molecule has 176 valence electrons. The first kappa shape index (κ1) is 22.6. The van der Waals surface area contributed by atoms with Gasteiger partial charge in [-0.25, -0.2) is 9.98 Å². The van der Waals surface area contributed by atoms with Gasteiger partial charge < -0.3 is 25.3 Å². The lowest BCUT2D eigenvalue weighted by molar-refractivity contribution is -0.115. The molecule has 0 aromatic heterocycles. The highest BCUT2D eigenvalue weighted by Gasteiger charge is 2.21. The topological polar surface area (TPSA) is 75.6 Å². The molecule has 1 saturated heterocycles. The first-order chi connectivity index (χ1) is 16.5. The minimum absolute atomic E-state index is 0.0436. The number of nitrogens with one attached hydrogen (secondary N) is 2. The molecular formula is C25H28BrN7O. The van der Waals surface area contributed by atoms with E-state index in [2.05, 4.69) is 88.6 Å². The fourth-order valence-corrected chi connectivity index (χ4v) is 4.76. The number of hydrogen-bond donors (Lipinski definition) is 2. The highest BCUT2D eigenvalue weighted by atomic mass is 79.9. The number of likely N-dealkylation sites (N-methyl/N-ethyl adjacent to an activating group) is 1. The molecule has 2 aromatic rings. The second-order valence-electron chi connectivity index (χ2n) is 8.77. The number of amides is 1. The van der Waals surface area contributed by atoms with Crippen molar-refractivity contribution in [2.24, 2.45) is 9.98 Å². The normalized spacial score (nSPS) is 18.6. The monoisotopic (exact) mass is 521 g/mol. The Hall–Kier alpha value is -3.17. The molecule has 0 radical (unpaired) electrons. The summed E-state index contributed by atoms with van der Waals surface area (Å²) in [6, 6.07) is 14.4. The summed E-state index contributed by atoms with van der Waals surface area (Å²) in [5.41, 5.74) is 5.28. The average Bonchev–Trinajstić information content (AvgIpc) is 3.22. The van der Waals surface area contributed by atoms with E-state index in [0.29, 0.717) is 25.6 Å². The number of halogens is 1. The lowest BCUT2D eigenvalue weighted by Crippen LogP contribution is -2.44. The van der Waals surface area contributed by atoms with Gasteiger partial charge in [0.1, 0.15) is 6.67 Å². The van der Waals surface area contributed by atoms with Crippen molar-refractivity contribution in [2.75, 3.05) is 55.4 Å². The maximum atomic E-state index is 11.8. The quantitative estimate of drug-likeness (QED) is 0.644. The van der Waals surface area contributed by atoms with Crippen LogP contribution in [-0.2, 0) is 17.8 Å². The minimum atomic E-state index is 0.0436. The Morgan fingerprint density at radius 1 is 1.09 bits per heavy atom. The molecule has 0 saturated carbocycles. The maximum absolute atomic E-state index is 11.8. The van der Waals surface area contributed by atoms with Crippen LogP contribution in [0.4, 0.5) is 17.1 Å². The van der Waals surface area contributed by atoms with Gasteiger partial charge in [-0.2, -0.15) is 0 Å². The lowest BCUT2D eigenvalue weighted by atomic mass is 10.0. The molecule has 1 amide bonds. The number of nitrogens with zero attached hydrogens (tertiary/aromatic N) is 5. The van der Waals surface area contributed by atoms with Crippen LogP contribution >= 0.6 is 15.9 Å². The molecule has 3 heterocycles. The number of guanidine groups is 1. The molecule has 0 aliphatic carbocycles. The van der Waals surface area contributed by atoms with Crippen LogP contribution in [0.3, 0.4) is 0 Å². The summed E-state index contributed by atoms with van der Waals surface area (Å²) >= 11 is 3.58. The fourth-order valence-electron chi connectivity index (χ4n) is 4.37. The first-order valence-corrected chi connectivity index (χ1v) is 12.2. The van der Waals surface area contributed by atoms with Crippen LogP contribution in [0.2, 0.25) is 0 Å². The number of aliphatic imine (C=N–C) groups is 2. The number of carbonyl (C=O) groups is 1. The predicted octanol–water partition coefficient (Wildman–Crippen LogP) is 3.48. The molecule has 0 atom stereocenters. The number of carbonyl (C=O) groups excluding carboxylic acids is 1. The van der Waals surface area contributed by atoms with Crippen molar-refractivity contribution in [3.8, 4) is 0 Å². The zero-order valence-electron chi connectivity index (χ0n) is 19.2. The molecule has 0 spiro atoms. The van der Waals surface area contributed by atoms with Gasteiger partial charge >= 0.3 is 0 Å². The van der Waals surface area contributed by atoms with E-state index in [0.717, 1.165) is 53.2 Å². The van der Waals surface area contributed by atoms with Gasteiger partial charge in [-0.1, -0.05) is 12.1 Å². The molecule has 8 nitrogen and oxygen atoms in total. The van der Waals surface area contributed by atoms with Crippen LogP contribution < -0.4 is 15.5 Å². The Bertz CT molecular complexity index is 1150. The number of rotatable bonds is 4.